The van der Waals surface area contributed by atoms with Gasteiger partial charge in [-0.1, -0.05) is 71.9 Å². The van der Waals surface area contributed by atoms with Gasteiger partial charge in [-0.15, -0.1) is 45.1 Å². The molecule has 0 saturated carbocycles. The summed E-state index contributed by atoms with van der Waals surface area (Å²) < 4.78 is 2.23. The van der Waals surface area contributed by atoms with Crippen molar-refractivity contribution in [1.29, 1.82) is 0 Å². The summed E-state index contributed by atoms with van der Waals surface area (Å²) in [7, 11) is 2.13. The van der Waals surface area contributed by atoms with Gasteiger partial charge in [0.15, 0.2) is 0 Å². The van der Waals surface area contributed by atoms with Crippen molar-refractivity contribution in [2.75, 3.05) is 23.5 Å². The van der Waals surface area contributed by atoms with Gasteiger partial charge in [0, 0.05) is 18.8 Å². The fourth-order valence-corrected chi connectivity index (χ4v) is 6.70. The van der Waals surface area contributed by atoms with Crippen molar-refractivity contribution in [2.45, 2.75) is 9.79 Å². The largest absolute Gasteiger partial charge is 2.00 e. The summed E-state index contributed by atoms with van der Waals surface area (Å²) in [6.07, 6.45) is 1.89. The van der Waals surface area contributed by atoms with E-state index >= 15 is 0 Å². The second kappa shape index (κ2) is 11.4. The van der Waals surface area contributed by atoms with Gasteiger partial charge < -0.3 is 14.4 Å². The molecular formula is C37H26N4PtS. The molecule has 2 aromatic heterocycles. The van der Waals surface area contributed by atoms with Crippen LogP contribution in [0.1, 0.15) is 0 Å². The van der Waals surface area contributed by atoms with E-state index in [1.807, 2.05) is 12.3 Å². The van der Waals surface area contributed by atoms with Crippen LogP contribution in [-0.4, -0.2) is 23.3 Å². The first kappa shape index (κ1) is 27.5. The molecule has 0 radical (unpaired) electrons. The van der Waals surface area contributed by atoms with Crippen LogP contribution >= 0.6 is 11.8 Å². The number of aromatic nitrogens is 2. The summed E-state index contributed by atoms with van der Waals surface area (Å²) in [5, 5.41) is 2.36. The van der Waals surface area contributed by atoms with Gasteiger partial charge in [-0.25, -0.2) is 4.98 Å². The maximum atomic E-state index is 4.82. The van der Waals surface area contributed by atoms with E-state index in [0.717, 1.165) is 49.9 Å². The molecule has 1 aliphatic heterocycles. The third kappa shape index (κ3) is 4.93. The number of rotatable bonds is 5. The molecular weight excluding hydrogens is 728 g/mol. The van der Waals surface area contributed by atoms with Crippen LogP contribution in [0.15, 0.2) is 137 Å². The van der Waals surface area contributed by atoms with Crippen molar-refractivity contribution in [3.8, 4) is 16.9 Å². The molecule has 0 bridgehead atoms. The molecule has 0 N–H and O–H groups in total. The van der Waals surface area contributed by atoms with E-state index in [4.69, 9.17) is 4.98 Å². The predicted molar refractivity (Wildman–Crippen MR) is 174 cm³/mol. The summed E-state index contributed by atoms with van der Waals surface area (Å²) >= 11 is 1.69. The van der Waals surface area contributed by atoms with Crippen molar-refractivity contribution in [3.63, 3.8) is 0 Å². The fourth-order valence-electron chi connectivity index (χ4n) is 5.88. The monoisotopic (exact) mass is 753 g/mol. The molecule has 43 heavy (non-hydrogen) atoms. The Hall–Kier alpha value is -4.31. The first-order valence-electron chi connectivity index (χ1n) is 14.0. The molecule has 7 aromatic rings. The van der Waals surface area contributed by atoms with Crippen molar-refractivity contribution in [3.05, 3.63) is 140 Å². The van der Waals surface area contributed by atoms with Gasteiger partial charge in [0.1, 0.15) is 5.82 Å². The number of para-hydroxylation sites is 3. The predicted octanol–water partition coefficient (Wildman–Crippen LogP) is 9.14. The van der Waals surface area contributed by atoms with E-state index in [9.17, 15) is 0 Å². The van der Waals surface area contributed by atoms with Crippen molar-refractivity contribution in [1.82, 2.24) is 9.55 Å². The molecule has 210 valence electrons. The van der Waals surface area contributed by atoms with Crippen LogP contribution in [0, 0.1) is 12.1 Å². The smallest absolute Gasteiger partial charge is 0.355 e. The Labute approximate surface area is 269 Å². The van der Waals surface area contributed by atoms with Crippen molar-refractivity contribution < 1.29 is 21.1 Å². The van der Waals surface area contributed by atoms with E-state index < -0.39 is 0 Å². The van der Waals surface area contributed by atoms with Crippen LogP contribution in [0.2, 0.25) is 0 Å². The number of anilines is 3. The van der Waals surface area contributed by atoms with Gasteiger partial charge in [0.2, 0.25) is 0 Å². The van der Waals surface area contributed by atoms with Crippen LogP contribution in [-0.2, 0) is 21.1 Å². The van der Waals surface area contributed by atoms with Crippen molar-refractivity contribution >= 4 is 50.6 Å². The Morgan fingerprint density at radius 1 is 0.674 bits per heavy atom. The van der Waals surface area contributed by atoms with Gasteiger partial charge in [0.25, 0.3) is 0 Å². The van der Waals surface area contributed by atoms with E-state index in [2.05, 4.69) is 149 Å². The van der Waals surface area contributed by atoms with Crippen LogP contribution in [0.3, 0.4) is 0 Å². The normalized spacial score (nSPS) is 12.5. The van der Waals surface area contributed by atoms with Gasteiger partial charge >= 0.3 is 21.1 Å². The number of hydrogen-bond acceptors (Lipinski definition) is 4. The number of fused-ring (bicyclic) bond motifs is 4. The summed E-state index contributed by atoms with van der Waals surface area (Å²) in [4.78, 5) is 11.5. The quantitative estimate of drug-likeness (QED) is 0.164. The summed E-state index contributed by atoms with van der Waals surface area (Å²) in [5.41, 5.74) is 7.96. The van der Waals surface area contributed by atoms with Crippen LogP contribution in [0.4, 0.5) is 17.1 Å². The Morgan fingerprint density at radius 3 is 2.33 bits per heavy atom. The first-order chi connectivity index (χ1) is 20.7. The molecule has 0 unspecified atom stereocenters. The van der Waals surface area contributed by atoms with E-state index in [1.54, 1.807) is 11.8 Å². The minimum atomic E-state index is 0. The van der Waals surface area contributed by atoms with E-state index in [1.165, 1.54) is 22.3 Å². The SMILES string of the molecule is CN1CN(c2[c-]c(Sc3[c-]c4c(cc3)c3ccccc3n4-c3cc(-c4ccccc4)ccn3)ccc2)c2ccccc21.[Pt+2]. The fraction of sp³-hybridized carbons (Fsp3) is 0.0541. The molecule has 4 nitrogen and oxygen atoms in total. The van der Waals surface area contributed by atoms with Crippen LogP contribution in [0.5, 0.6) is 0 Å². The number of nitrogens with zero attached hydrogens (tertiary/aromatic N) is 4. The zero-order valence-corrected chi connectivity index (χ0v) is 26.4. The zero-order chi connectivity index (χ0) is 28.0. The molecule has 8 rings (SSSR count). The second-order valence-corrected chi connectivity index (χ2v) is 11.5. The van der Waals surface area contributed by atoms with Gasteiger partial charge in [-0.05, 0) is 46.8 Å². The number of benzene rings is 5. The maximum absolute atomic E-state index is 4.82. The molecule has 0 spiro atoms. The molecule has 3 heterocycles. The Morgan fingerprint density at radius 2 is 1.44 bits per heavy atom. The Balaban J connectivity index is 0.00000300. The minimum absolute atomic E-state index is 0. The summed E-state index contributed by atoms with van der Waals surface area (Å²) in [6.45, 7) is 0.803. The standard InChI is InChI=1S/C37H26N4S.Pt/c1-39-25-40(35-17-8-7-16-34(35)39)28-12-9-13-29(23-28)42-30-18-19-32-31-14-5-6-15-33(31)41(36(32)24-30)37-22-27(20-21-38-37)26-10-3-2-4-11-26;/h2-22H,25H2,1H3;/q-2;+2. The van der Waals surface area contributed by atoms with Gasteiger partial charge in [-0.3, -0.25) is 0 Å². The molecule has 1 aliphatic rings. The van der Waals surface area contributed by atoms with E-state index in [0.29, 0.717) is 0 Å². The van der Waals surface area contributed by atoms with Crippen molar-refractivity contribution in [2.24, 2.45) is 0 Å². The number of hydrogen-bond donors (Lipinski definition) is 0. The average molecular weight is 754 g/mol. The molecule has 0 fully saturated rings. The summed E-state index contributed by atoms with van der Waals surface area (Å²) in [5.74, 6) is 0.881. The summed E-state index contributed by atoms with van der Waals surface area (Å²) in [6, 6.07) is 49.9. The maximum Gasteiger partial charge on any atom is 2.00 e. The molecule has 0 aliphatic carbocycles. The Bertz CT molecular complexity index is 2090. The average Bonchev–Trinajstić information content (AvgIpc) is 3.56. The third-order valence-electron chi connectivity index (χ3n) is 7.84. The zero-order valence-electron chi connectivity index (χ0n) is 23.3. The first-order valence-corrected chi connectivity index (χ1v) is 14.8. The van der Waals surface area contributed by atoms with E-state index in [-0.39, 0.29) is 21.1 Å². The van der Waals surface area contributed by atoms with Crippen LogP contribution in [0.25, 0.3) is 38.8 Å². The molecule has 0 amide bonds. The molecule has 0 saturated heterocycles. The number of pyridine rings is 1. The molecule has 0 atom stereocenters. The molecule has 5 aromatic carbocycles. The topological polar surface area (TPSA) is 24.3 Å². The van der Waals surface area contributed by atoms with Gasteiger partial charge in [-0.2, -0.15) is 24.3 Å². The minimum Gasteiger partial charge on any atom is -0.355 e. The third-order valence-corrected chi connectivity index (χ3v) is 8.76. The Kier molecular flexibility index (Phi) is 7.30. The molecule has 6 heteroatoms. The second-order valence-electron chi connectivity index (χ2n) is 10.5. The van der Waals surface area contributed by atoms with Gasteiger partial charge in [0.05, 0.1) is 18.0 Å². The van der Waals surface area contributed by atoms with Crippen LogP contribution < -0.4 is 9.80 Å².